The fourth-order valence-corrected chi connectivity index (χ4v) is 4.64. The summed E-state index contributed by atoms with van der Waals surface area (Å²) < 4.78 is 8.43. The van der Waals surface area contributed by atoms with Crippen LogP contribution in [-0.2, 0) is 6.42 Å². The Labute approximate surface area is 199 Å². The van der Waals surface area contributed by atoms with Crippen molar-refractivity contribution < 1.29 is 4.74 Å². The molecule has 2 aromatic carbocycles. The van der Waals surface area contributed by atoms with Crippen molar-refractivity contribution in [1.29, 1.82) is 0 Å². The molecule has 1 N–H and O–H groups in total. The number of ether oxygens (including phenoxy) is 1. The summed E-state index contributed by atoms with van der Waals surface area (Å²) in [4.78, 5) is 18.1. The highest BCUT2D eigenvalue weighted by atomic mass is 79.9. The normalized spacial score (nSPS) is 14.1. The van der Waals surface area contributed by atoms with Crippen molar-refractivity contribution in [2.45, 2.75) is 38.8 Å². The first-order valence-electron chi connectivity index (χ1n) is 10.5. The zero-order chi connectivity index (χ0) is 22.7. The lowest BCUT2D eigenvalue weighted by molar-refractivity contribution is 0.409. The Morgan fingerprint density at radius 1 is 1.25 bits per heavy atom. The van der Waals surface area contributed by atoms with Crippen molar-refractivity contribution in [3.8, 4) is 5.75 Å². The fourth-order valence-electron chi connectivity index (χ4n) is 3.45. The van der Waals surface area contributed by atoms with Crippen molar-refractivity contribution >= 4 is 38.3 Å². The predicted molar refractivity (Wildman–Crippen MR) is 132 cm³/mol. The van der Waals surface area contributed by atoms with Crippen LogP contribution in [0.5, 0.6) is 5.75 Å². The summed E-state index contributed by atoms with van der Waals surface area (Å²) in [5, 5.41) is 8.19. The summed E-state index contributed by atoms with van der Waals surface area (Å²) >= 11 is 4.79. The molecule has 0 aliphatic rings. The van der Waals surface area contributed by atoms with Gasteiger partial charge in [-0.3, -0.25) is 4.79 Å². The summed E-state index contributed by atoms with van der Waals surface area (Å²) in [5.41, 5.74) is 1.93. The Bertz CT molecular complexity index is 1320. The van der Waals surface area contributed by atoms with E-state index in [4.69, 9.17) is 4.74 Å². The number of hydrogen-bond acceptors (Lipinski definition) is 6. The molecule has 32 heavy (non-hydrogen) atoms. The van der Waals surface area contributed by atoms with Gasteiger partial charge >= 0.3 is 0 Å². The Balaban J connectivity index is 1.64. The molecule has 6 nitrogen and oxygen atoms in total. The average molecular weight is 513 g/mol. The summed E-state index contributed by atoms with van der Waals surface area (Å²) in [5.74, 6) is 1.46. The molecule has 8 heteroatoms. The maximum atomic E-state index is 12.9. The number of fused-ring (bicyclic) bond motifs is 1. The second-order valence-electron chi connectivity index (χ2n) is 7.70. The largest absolute Gasteiger partial charge is 0.497 e. The number of methoxy groups -OCH3 is 1. The molecule has 4 aromatic rings. The lowest BCUT2D eigenvalue weighted by Crippen LogP contribution is -2.31. The molecule has 0 radical (unpaired) electrons. The number of nitrogens with one attached hydrogen (secondary N) is 1. The molecule has 0 fully saturated rings. The number of nitrogens with zero attached hydrogens (tertiary/aromatic N) is 3. The molecule has 0 bridgehead atoms. The van der Waals surface area contributed by atoms with Crippen molar-refractivity contribution in [3.63, 3.8) is 0 Å². The van der Waals surface area contributed by atoms with Crippen molar-refractivity contribution in [2.75, 3.05) is 7.11 Å². The molecule has 0 aliphatic heterocycles. The van der Waals surface area contributed by atoms with Gasteiger partial charge in [-0.05, 0) is 54.8 Å². The van der Waals surface area contributed by atoms with E-state index < -0.39 is 0 Å². The van der Waals surface area contributed by atoms with Crippen molar-refractivity contribution in [1.82, 2.24) is 19.9 Å². The number of benzene rings is 2. The monoisotopic (exact) mass is 512 g/mol. The molecule has 0 amide bonds. The molecule has 4 rings (SSSR count). The molecule has 2 atom stereocenters. The Kier molecular flexibility index (Phi) is 7.03. The van der Waals surface area contributed by atoms with E-state index in [1.54, 1.807) is 7.11 Å². The molecule has 0 aliphatic carbocycles. The van der Waals surface area contributed by atoms with Gasteiger partial charge in [0.15, 0.2) is 5.82 Å². The number of thiazole rings is 1. The Hall–Kier alpha value is -2.55. The van der Waals surface area contributed by atoms with Crippen LogP contribution in [0.4, 0.5) is 0 Å². The Morgan fingerprint density at radius 2 is 2.03 bits per heavy atom. The zero-order valence-corrected chi connectivity index (χ0v) is 20.6. The van der Waals surface area contributed by atoms with E-state index in [0.717, 1.165) is 27.8 Å². The van der Waals surface area contributed by atoms with Gasteiger partial charge < -0.3 is 10.1 Å². The van der Waals surface area contributed by atoms with Gasteiger partial charge in [-0.2, -0.15) is 4.52 Å². The van der Waals surface area contributed by atoms with Gasteiger partial charge in [-0.1, -0.05) is 58.5 Å². The van der Waals surface area contributed by atoms with Gasteiger partial charge in [0.25, 0.3) is 5.56 Å². The van der Waals surface area contributed by atoms with Gasteiger partial charge in [-0.15, -0.1) is 5.10 Å². The number of aromatic nitrogens is 3. The van der Waals surface area contributed by atoms with Crippen LogP contribution in [0.25, 0.3) is 11.0 Å². The first kappa shape index (κ1) is 22.6. The summed E-state index contributed by atoms with van der Waals surface area (Å²) in [7, 11) is 1.67. The van der Waals surface area contributed by atoms with E-state index in [0.29, 0.717) is 27.8 Å². The second-order valence-corrected chi connectivity index (χ2v) is 9.62. The van der Waals surface area contributed by atoms with Crippen LogP contribution < -0.4 is 20.1 Å². The van der Waals surface area contributed by atoms with Crippen LogP contribution >= 0.6 is 27.3 Å². The van der Waals surface area contributed by atoms with Gasteiger partial charge in [-0.25, -0.2) is 4.98 Å². The molecule has 2 unspecified atom stereocenters. The van der Waals surface area contributed by atoms with E-state index in [1.165, 1.54) is 15.9 Å². The number of hydrogen-bond donors (Lipinski definition) is 1. The maximum absolute atomic E-state index is 12.9. The quantitative estimate of drug-likeness (QED) is 0.384. The zero-order valence-electron chi connectivity index (χ0n) is 18.2. The van der Waals surface area contributed by atoms with Crippen LogP contribution in [-0.4, -0.2) is 27.7 Å². The highest BCUT2D eigenvalue weighted by Gasteiger charge is 2.19. The average Bonchev–Trinajstić information content (AvgIpc) is 3.33. The van der Waals surface area contributed by atoms with E-state index in [2.05, 4.69) is 51.2 Å². The summed E-state index contributed by atoms with van der Waals surface area (Å²) in [6.07, 6.45) is 3.46. The van der Waals surface area contributed by atoms with Gasteiger partial charge in [0.2, 0.25) is 4.96 Å². The highest BCUT2D eigenvalue weighted by molar-refractivity contribution is 9.10. The van der Waals surface area contributed by atoms with Gasteiger partial charge in [0, 0.05) is 23.0 Å². The molecular weight excluding hydrogens is 488 g/mol. The summed E-state index contributed by atoms with van der Waals surface area (Å²) in [6, 6.07) is 16.2. The molecule has 2 aromatic heterocycles. The first-order chi connectivity index (χ1) is 15.5. The predicted octanol–water partition coefficient (Wildman–Crippen LogP) is 4.14. The Morgan fingerprint density at radius 3 is 2.72 bits per heavy atom. The third-order valence-electron chi connectivity index (χ3n) is 5.37. The first-order valence-corrected chi connectivity index (χ1v) is 12.1. The fraction of sp³-hybridized carbons (Fsp3) is 0.292. The second kappa shape index (κ2) is 9.94. The van der Waals surface area contributed by atoms with E-state index >= 15 is 0 Å². The smallest absolute Gasteiger partial charge is 0.291 e. The lowest BCUT2D eigenvalue weighted by atomic mass is 10.0. The van der Waals surface area contributed by atoms with Crippen LogP contribution in [0, 0.1) is 0 Å². The third-order valence-corrected chi connectivity index (χ3v) is 6.86. The third kappa shape index (κ3) is 5.09. The lowest BCUT2D eigenvalue weighted by Gasteiger charge is -2.22. The topological polar surface area (TPSA) is 68.5 Å². The molecule has 2 heterocycles. The highest BCUT2D eigenvalue weighted by Crippen LogP contribution is 2.23. The minimum Gasteiger partial charge on any atom is -0.497 e. The molecule has 0 spiro atoms. The maximum Gasteiger partial charge on any atom is 0.291 e. The van der Waals surface area contributed by atoms with Crippen LogP contribution in [0.3, 0.4) is 0 Å². The van der Waals surface area contributed by atoms with Crippen molar-refractivity contribution in [2.24, 2.45) is 0 Å². The van der Waals surface area contributed by atoms with Crippen molar-refractivity contribution in [3.05, 3.63) is 84.8 Å². The molecule has 0 saturated carbocycles. The molecule has 166 valence electrons. The van der Waals surface area contributed by atoms with E-state index in [1.807, 2.05) is 48.5 Å². The SMILES string of the molecule is CCC(C)NC(Cc1nc2s/c(=C\c3ccc(Br)cc3)c(=O)n2n1)c1cccc(OC)c1. The van der Waals surface area contributed by atoms with Gasteiger partial charge in [0.1, 0.15) is 5.75 Å². The minimum atomic E-state index is -0.139. The summed E-state index contributed by atoms with van der Waals surface area (Å²) in [6.45, 7) is 4.31. The van der Waals surface area contributed by atoms with Crippen LogP contribution in [0.1, 0.15) is 43.3 Å². The molecular formula is C24H25BrN4O2S. The molecule has 0 saturated heterocycles. The van der Waals surface area contributed by atoms with Gasteiger partial charge in [0.05, 0.1) is 11.6 Å². The van der Waals surface area contributed by atoms with E-state index in [9.17, 15) is 4.79 Å². The minimum absolute atomic E-state index is 0.0149. The number of rotatable bonds is 8. The number of halogens is 1. The van der Waals surface area contributed by atoms with Crippen LogP contribution in [0.15, 0.2) is 57.8 Å². The van der Waals surface area contributed by atoms with E-state index in [-0.39, 0.29) is 11.6 Å². The standard InChI is InChI=1S/C24H25BrN4O2S/c1-4-15(2)26-20(17-6-5-7-19(13-17)31-3)14-22-27-24-29(28-22)23(30)21(32-24)12-16-8-10-18(25)11-9-16/h5-13,15,20,26H,4,14H2,1-3H3/b21-12-. The van der Waals surface area contributed by atoms with Crippen LogP contribution in [0.2, 0.25) is 0 Å².